The molecule has 0 fully saturated rings. The van der Waals surface area contributed by atoms with Crippen LogP contribution in [0.1, 0.15) is 34.4 Å². The Bertz CT molecular complexity index is 751. The monoisotopic (exact) mass is 334 g/mol. The summed E-state index contributed by atoms with van der Waals surface area (Å²) in [5, 5.41) is 5.82. The molecule has 0 aliphatic rings. The van der Waals surface area contributed by atoms with E-state index in [9.17, 15) is 9.59 Å². The smallest absolute Gasteiger partial charge is 0.317 e. The van der Waals surface area contributed by atoms with E-state index in [-0.39, 0.29) is 18.1 Å². The summed E-state index contributed by atoms with van der Waals surface area (Å²) in [6.45, 7) is 6.42. The van der Waals surface area contributed by atoms with Gasteiger partial charge in [-0.25, -0.2) is 9.78 Å². The summed E-state index contributed by atoms with van der Waals surface area (Å²) >= 11 is 1.60. The number of aromatic nitrogens is 2. The Morgan fingerprint density at radius 2 is 2.17 bits per heavy atom. The lowest BCUT2D eigenvalue weighted by Crippen LogP contribution is -2.37. The molecule has 2 amide bonds. The molecule has 0 radical (unpaired) electrons. The number of nitrogens with one attached hydrogen (secondary N) is 2. The lowest BCUT2D eigenvalue weighted by molar-refractivity contribution is 0.206. The van der Waals surface area contributed by atoms with Crippen LogP contribution in [-0.2, 0) is 19.5 Å². The van der Waals surface area contributed by atoms with Crippen LogP contribution < -0.4 is 10.9 Å². The minimum absolute atomic E-state index is 0.155. The number of thiazole rings is 1. The van der Waals surface area contributed by atoms with Crippen LogP contribution in [-0.4, -0.2) is 27.9 Å². The maximum absolute atomic E-state index is 12.2. The molecule has 0 aliphatic heterocycles. The van der Waals surface area contributed by atoms with Crippen molar-refractivity contribution in [3.05, 3.63) is 49.3 Å². The molecule has 6 nitrogen and oxygen atoms in total. The van der Waals surface area contributed by atoms with Gasteiger partial charge in [0.1, 0.15) is 0 Å². The largest absolute Gasteiger partial charge is 0.334 e. The molecular weight excluding hydrogens is 312 g/mol. The predicted octanol–water partition coefficient (Wildman–Crippen LogP) is 2.35. The standard InChI is InChI=1S/C16H22N4O2S/c1-5-14-19-12(9-23-14)8-20(4)16(22)17-7-13-10(2)6-11(3)18-15(13)21/h6,9H,5,7-8H2,1-4H3,(H,17,22)(H,18,21). The van der Waals surface area contributed by atoms with Crippen LogP contribution in [0.3, 0.4) is 0 Å². The van der Waals surface area contributed by atoms with E-state index in [2.05, 4.69) is 22.2 Å². The first-order valence-corrected chi connectivity index (χ1v) is 8.40. The molecule has 2 heterocycles. The molecule has 0 atom stereocenters. The molecule has 0 saturated heterocycles. The third-order valence-corrected chi connectivity index (χ3v) is 4.60. The lowest BCUT2D eigenvalue weighted by atomic mass is 10.1. The maximum Gasteiger partial charge on any atom is 0.317 e. The minimum Gasteiger partial charge on any atom is -0.334 e. The number of carbonyl (C=O) groups excluding carboxylic acids is 1. The molecule has 0 spiro atoms. The van der Waals surface area contributed by atoms with Crippen molar-refractivity contribution in [1.29, 1.82) is 0 Å². The van der Waals surface area contributed by atoms with Gasteiger partial charge in [0.05, 0.1) is 23.8 Å². The second-order valence-electron chi connectivity index (χ2n) is 5.54. The van der Waals surface area contributed by atoms with Crippen LogP contribution in [0.2, 0.25) is 0 Å². The van der Waals surface area contributed by atoms with Gasteiger partial charge in [0.2, 0.25) is 0 Å². The van der Waals surface area contributed by atoms with Crippen LogP contribution >= 0.6 is 11.3 Å². The topological polar surface area (TPSA) is 78.1 Å². The van der Waals surface area contributed by atoms with Gasteiger partial charge in [-0.15, -0.1) is 11.3 Å². The van der Waals surface area contributed by atoms with E-state index >= 15 is 0 Å². The van der Waals surface area contributed by atoms with Gasteiger partial charge in [0.15, 0.2) is 0 Å². The molecule has 2 N–H and O–H groups in total. The maximum atomic E-state index is 12.2. The molecule has 2 aromatic rings. The summed E-state index contributed by atoms with van der Waals surface area (Å²) in [6, 6.07) is 1.67. The zero-order valence-corrected chi connectivity index (χ0v) is 14.7. The highest BCUT2D eigenvalue weighted by Crippen LogP contribution is 2.11. The first-order chi connectivity index (χ1) is 10.9. The Balaban J connectivity index is 1.95. The zero-order valence-electron chi connectivity index (χ0n) is 13.9. The SMILES string of the molecule is CCc1nc(CN(C)C(=O)NCc2c(C)cc(C)[nH]c2=O)cs1. The van der Waals surface area contributed by atoms with Gasteiger partial charge in [0, 0.05) is 23.7 Å². The molecule has 0 aliphatic carbocycles. The van der Waals surface area contributed by atoms with Gasteiger partial charge < -0.3 is 15.2 Å². The number of urea groups is 1. The second-order valence-corrected chi connectivity index (χ2v) is 6.49. The minimum atomic E-state index is -0.226. The highest BCUT2D eigenvalue weighted by atomic mass is 32.1. The van der Waals surface area contributed by atoms with E-state index < -0.39 is 0 Å². The van der Waals surface area contributed by atoms with Crippen LogP contribution in [0, 0.1) is 13.8 Å². The number of aromatic amines is 1. The van der Waals surface area contributed by atoms with E-state index in [1.54, 1.807) is 23.3 Å². The Hall–Kier alpha value is -2.15. The van der Waals surface area contributed by atoms with Gasteiger partial charge in [0.25, 0.3) is 5.56 Å². The first kappa shape index (κ1) is 17.2. The average molecular weight is 334 g/mol. The van der Waals surface area contributed by atoms with Crippen molar-refractivity contribution in [3.8, 4) is 0 Å². The summed E-state index contributed by atoms with van der Waals surface area (Å²) in [6.07, 6.45) is 0.899. The zero-order chi connectivity index (χ0) is 17.0. The van der Waals surface area contributed by atoms with Crippen molar-refractivity contribution in [3.63, 3.8) is 0 Å². The fourth-order valence-corrected chi connectivity index (χ4v) is 3.03. The van der Waals surface area contributed by atoms with Crippen molar-refractivity contribution >= 4 is 17.4 Å². The molecule has 0 unspecified atom stereocenters. The number of carbonyl (C=O) groups is 1. The van der Waals surface area contributed by atoms with Crippen molar-refractivity contribution in [2.24, 2.45) is 0 Å². The predicted molar refractivity (Wildman–Crippen MR) is 91.7 cm³/mol. The Morgan fingerprint density at radius 1 is 1.43 bits per heavy atom. The van der Waals surface area contributed by atoms with Crippen LogP contribution in [0.5, 0.6) is 0 Å². The molecule has 0 saturated carbocycles. The van der Waals surface area contributed by atoms with E-state index in [1.165, 1.54) is 0 Å². The molecule has 23 heavy (non-hydrogen) atoms. The Kier molecular flexibility index (Phi) is 5.54. The van der Waals surface area contributed by atoms with Gasteiger partial charge in [-0.05, 0) is 31.9 Å². The molecule has 2 aromatic heterocycles. The molecule has 0 bridgehead atoms. The molecule has 2 rings (SSSR count). The number of pyridine rings is 1. The number of amides is 2. The molecule has 124 valence electrons. The summed E-state index contributed by atoms with van der Waals surface area (Å²) < 4.78 is 0. The van der Waals surface area contributed by atoms with Gasteiger partial charge >= 0.3 is 6.03 Å². The van der Waals surface area contributed by atoms with Crippen LogP contribution in [0.25, 0.3) is 0 Å². The van der Waals surface area contributed by atoms with Crippen molar-refractivity contribution < 1.29 is 4.79 Å². The molecule has 7 heteroatoms. The number of hydrogen-bond donors (Lipinski definition) is 2. The molecular formula is C16H22N4O2S. The number of nitrogens with zero attached hydrogens (tertiary/aromatic N) is 2. The van der Waals surface area contributed by atoms with Crippen LogP contribution in [0.4, 0.5) is 4.79 Å². The number of H-pyrrole nitrogens is 1. The average Bonchev–Trinajstić information content (AvgIpc) is 2.93. The Morgan fingerprint density at radius 3 is 2.78 bits per heavy atom. The van der Waals surface area contributed by atoms with E-state index in [0.29, 0.717) is 12.1 Å². The Labute approximate surface area is 139 Å². The fourth-order valence-electron chi connectivity index (χ4n) is 2.30. The first-order valence-electron chi connectivity index (χ1n) is 7.52. The number of rotatable bonds is 5. The number of aryl methyl sites for hydroxylation is 3. The lowest BCUT2D eigenvalue weighted by Gasteiger charge is -2.17. The number of hydrogen-bond acceptors (Lipinski definition) is 4. The highest BCUT2D eigenvalue weighted by Gasteiger charge is 2.12. The van der Waals surface area contributed by atoms with Gasteiger partial charge in [-0.1, -0.05) is 6.92 Å². The van der Waals surface area contributed by atoms with E-state index in [4.69, 9.17) is 0 Å². The van der Waals surface area contributed by atoms with Gasteiger partial charge in [-0.3, -0.25) is 4.79 Å². The normalized spacial score (nSPS) is 10.6. The van der Waals surface area contributed by atoms with Gasteiger partial charge in [-0.2, -0.15) is 0 Å². The van der Waals surface area contributed by atoms with E-state index in [1.807, 2.05) is 25.3 Å². The molecule has 0 aromatic carbocycles. The van der Waals surface area contributed by atoms with Crippen molar-refractivity contribution in [2.45, 2.75) is 40.3 Å². The quantitative estimate of drug-likeness (QED) is 0.881. The highest BCUT2D eigenvalue weighted by molar-refractivity contribution is 7.09. The van der Waals surface area contributed by atoms with Crippen molar-refractivity contribution in [2.75, 3.05) is 7.05 Å². The second kappa shape index (κ2) is 7.41. The van der Waals surface area contributed by atoms with Crippen molar-refractivity contribution in [1.82, 2.24) is 20.2 Å². The third kappa shape index (κ3) is 4.41. The van der Waals surface area contributed by atoms with E-state index in [0.717, 1.165) is 28.4 Å². The fraction of sp³-hybridized carbons (Fsp3) is 0.438. The summed E-state index contributed by atoms with van der Waals surface area (Å²) in [7, 11) is 1.71. The van der Waals surface area contributed by atoms with Crippen LogP contribution in [0.15, 0.2) is 16.2 Å². The summed E-state index contributed by atoms with van der Waals surface area (Å²) in [4.78, 5) is 32.9. The summed E-state index contributed by atoms with van der Waals surface area (Å²) in [5.41, 5.74) is 3.00. The third-order valence-electron chi connectivity index (χ3n) is 3.56. The summed E-state index contributed by atoms with van der Waals surface area (Å²) in [5.74, 6) is 0.